The lowest BCUT2D eigenvalue weighted by Crippen LogP contribution is -2.33. The number of hydrogen-bond acceptors (Lipinski definition) is 3. The molecule has 6 heteroatoms. The average molecular weight is 390 g/mol. The fraction of sp³-hybridized carbons (Fsp3) is 0.348. The molecule has 4 rings (SSSR count). The Balaban J connectivity index is 1.69. The third-order valence-electron chi connectivity index (χ3n) is 5.33. The zero-order valence-corrected chi connectivity index (χ0v) is 17.1. The molecule has 1 fully saturated rings. The average Bonchev–Trinajstić information content (AvgIpc) is 3.22. The van der Waals surface area contributed by atoms with Crippen molar-refractivity contribution in [1.82, 2.24) is 14.9 Å². The molecule has 0 radical (unpaired) electrons. The van der Waals surface area contributed by atoms with E-state index < -0.39 is 0 Å². The van der Waals surface area contributed by atoms with Crippen LogP contribution in [0.15, 0.2) is 48.5 Å². The molecule has 6 nitrogen and oxygen atoms in total. The van der Waals surface area contributed by atoms with Gasteiger partial charge in [-0.1, -0.05) is 30.3 Å². The van der Waals surface area contributed by atoms with E-state index in [1.165, 1.54) is 0 Å². The second-order valence-electron chi connectivity index (χ2n) is 7.96. The molecule has 2 amide bonds. The van der Waals surface area contributed by atoms with E-state index in [-0.39, 0.29) is 30.3 Å². The van der Waals surface area contributed by atoms with E-state index in [0.717, 1.165) is 28.1 Å². The molecule has 29 heavy (non-hydrogen) atoms. The Hall–Kier alpha value is -3.15. The van der Waals surface area contributed by atoms with E-state index in [2.05, 4.69) is 5.32 Å². The SMILES string of the molecule is Cc1ccccc1N1CC(c2nc3ccccc3n2CC(=O)NC(C)C)CC1=O. The van der Waals surface area contributed by atoms with Gasteiger partial charge in [-0.3, -0.25) is 9.59 Å². The molecule has 0 aliphatic carbocycles. The van der Waals surface area contributed by atoms with Crippen LogP contribution in [-0.4, -0.2) is 34.0 Å². The summed E-state index contributed by atoms with van der Waals surface area (Å²) < 4.78 is 1.96. The summed E-state index contributed by atoms with van der Waals surface area (Å²) >= 11 is 0. The first-order valence-electron chi connectivity index (χ1n) is 10.0. The van der Waals surface area contributed by atoms with Gasteiger partial charge in [0.2, 0.25) is 11.8 Å². The normalized spacial score (nSPS) is 16.8. The molecule has 1 aliphatic heterocycles. The van der Waals surface area contributed by atoms with Gasteiger partial charge < -0.3 is 14.8 Å². The lowest BCUT2D eigenvalue weighted by Gasteiger charge is -2.19. The third kappa shape index (κ3) is 3.75. The Morgan fingerprint density at radius 2 is 1.90 bits per heavy atom. The topological polar surface area (TPSA) is 67.2 Å². The highest BCUT2D eigenvalue weighted by atomic mass is 16.2. The van der Waals surface area contributed by atoms with Gasteiger partial charge in [0.15, 0.2) is 0 Å². The number of amides is 2. The fourth-order valence-corrected chi connectivity index (χ4v) is 4.06. The number of imidazole rings is 1. The first-order chi connectivity index (χ1) is 13.9. The molecule has 1 unspecified atom stereocenters. The van der Waals surface area contributed by atoms with Gasteiger partial charge in [0, 0.05) is 30.6 Å². The van der Waals surface area contributed by atoms with Crippen molar-refractivity contribution in [3.63, 3.8) is 0 Å². The number of fused-ring (bicyclic) bond motifs is 1. The van der Waals surface area contributed by atoms with Crippen molar-refractivity contribution < 1.29 is 9.59 Å². The van der Waals surface area contributed by atoms with Crippen LogP contribution in [0.25, 0.3) is 11.0 Å². The monoisotopic (exact) mass is 390 g/mol. The Morgan fingerprint density at radius 3 is 2.66 bits per heavy atom. The summed E-state index contributed by atoms with van der Waals surface area (Å²) in [4.78, 5) is 32.0. The highest BCUT2D eigenvalue weighted by molar-refractivity contribution is 5.97. The van der Waals surface area contributed by atoms with Crippen LogP contribution in [0.2, 0.25) is 0 Å². The summed E-state index contributed by atoms with van der Waals surface area (Å²) in [5.74, 6) is 0.787. The summed E-state index contributed by atoms with van der Waals surface area (Å²) in [7, 11) is 0. The van der Waals surface area contributed by atoms with E-state index >= 15 is 0 Å². The van der Waals surface area contributed by atoms with Crippen LogP contribution in [0.4, 0.5) is 5.69 Å². The maximum Gasteiger partial charge on any atom is 0.240 e. The zero-order valence-electron chi connectivity index (χ0n) is 17.1. The van der Waals surface area contributed by atoms with Crippen molar-refractivity contribution in [3.8, 4) is 0 Å². The van der Waals surface area contributed by atoms with E-state index in [0.29, 0.717) is 13.0 Å². The number of anilines is 1. The van der Waals surface area contributed by atoms with Gasteiger partial charge in [-0.15, -0.1) is 0 Å². The highest BCUT2D eigenvalue weighted by Crippen LogP contribution is 2.34. The van der Waals surface area contributed by atoms with Crippen LogP contribution < -0.4 is 10.2 Å². The van der Waals surface area contributed by atoms with Crippen LogP contribution in [0.3, 0.4) is 0 Å². The number of nitrogens with zero attached hydrogens (tertiary/aromatic N) is 3. The summed E-state index contributed by atoms with van der Waals surface area (Å²) in [6.07, 6.45) is 0.392. The maximum atomic E-state index is 12.8. The highest BCUT2D eigenvalue weighted by Gasteiger charge is 2.35. The van der Waals surface area contributed by atoms with Gasteiger partial charge in [-0.2, -0.15) is 0 Å². The van der Waals surface area contributed by atoms with Gasteiger partial charge in [0.05, 0.1) is 11.0 Å². The second kappa shape index (κ2) is 7.70. The van der Waals surface area contributed by atoms with Crippen molar-refractivity contribution in [2.45, 2.75) is 45.7 Å². The number of nitrogens with one attached hydrogen (secondary N) is 1. The second-order valence-corrected chi connectivity index (χ2v) is 7.96. The molecule has 3 aromatic rings. The number of aryl methyl sites for hydroxylation is 1. The number of rotatable bonds is 5. The number of carbonyl (C=O) groups excluding carboxylic acids is 2. The van der Waals surface area contributed by atoms with Gasteiger partial charge in [0.1, 0.15) is 12.4 Å². The van der Waals surface area contributed by atoms with Crippen molar-refractivity contribution in [1.29, 1.82) is 0 Å². The van der Waals surface area contributed by atoms with Gasteiger partial charge in [0.25, 0.3) is 0 Å². The Bertz CT molecular complexity index is 1070. The number of benzene rings is 2. The van der Waals surface area contributed by atoms with Crippen LogP contribution in [0.1, 0.15) is 37.6 Å². The molecule has 0 bridgehead atoms. The molecule has 1 saturated heterocycles. The molecule has 2 heterocycles. The molecule has 0 saturated carbocycles. The lowest BCUT2D eigenvalue weighted by atomic mass is 10.1. The molecule has 0 spiro atoms. The van der Waals surface area contributed by atoms with E-state index in [4.69, 9.17) is 4.98 Å². The molecule has 1 N–H and O–H groups in total. The molecular weight excluding hydrogens is 364 g/mol. The third-order valence-corrected chi connectivity index (χ3v) is 5.33. The van der Waals surface area contributed by atoms with Crippen molar-refractivity contribution in [2.24, 2.45) is 0 Å². The first-order valence-corrected chi connectivity index (χ1v) is 10.0. The smallest absolute Gasteiger partial charge is 0.240 e. The number of carbonyl (C=O) groups is 2. The number of para-hydroxylation sites is 3. The zero-order chi connectivity index (χ0) is 20.5. The van der Waals surface area contributed by atoms with Crippen molar-refractivity contribution >= 4 is 28.5 Å². The van der Waals surface area contributed by atoms with E-state index in [1.807, 2.05) is 78.8 Å². The predicted octanol–water partition coefficient (Wildman–Crippen LogP) is 3.39. The predicted molar refractivity (Wildman–Crippen MR) is 114 cm³/mol. The Labute approximate surface area is 170 Å². The van der Waals surface area contributed by atoms with Crippen LogP contribution in [0, 0.1) is 6.92 Å². The van der Waals surface area contributed by atoms with Crippen molar-refractivity contribution in [3.05, 3.63) is 59.9 Å². The minimum absolute atomic E-state index is 0.0514. The van der Waals surface area contributed by atoms with E-state index in [9.17, 15) is 9.59 Å². The van der Waals surface area contributed by atoms with Gasteiger partial charge in [-0.25, -0.2) is 4.98 Å². The molecule has 2 aromatic carbocycles. The molecule has 1 aliphatic rings. The van der Waals surface area contributed by atoms with Crippen LogP contribution in [0.5, 0.6) is 0 Å². The van der Waals surface area contributed by atoms with Crippen LogP contribution in [-0.2, 0) is 16.1 Å². The summed E-state index contributed by atoms with van der Waals surface area (Å²) in [5, 5.41) is 2.95. The van der Waals surface area contributed by atoms with Crippen LogP contribution >= 0.6 is 0 Å². The summed E-state index contributed by atoms with van der Waals surface area (Å²) in [5.41, 5.74) is 3.79. The molecule has 1 aromatic heterocycles. The number of aromatic nitrogens is 2. The maximum absolute atomic E-state index is 12.8. The van der Waals surface area contributed by atoms with E-state index in [1.54, 1.807) is 0 Å². The number of hydrogen-bond donors (Lipinski definition) is 1. The minimum atomic E-state index is -0.0543. The standard InChI is InChI=1S/C23H26N4O2/c1-15(2)24-21(28)14-27-20-11-7-5-9-18(20)25-23(27)17-12-22(29)26(13-17)19-10-6-4-8-16(19)3/h4-11,15,17H,12-14H2,1-3H3,(H,24,28). The lowest BCUT2D eigenvalue weighted by molar-refractivity contribution is -0.122. The summed E-state index contributed by atoms with van der Waals surface area (Å²) in [6.45, 7) is 6.67. The van der Waals surface area contributed by atoms with Gasteiger partial charge in [-0.05, 0) is 44.5 Å². The molecule has 1 atom stereocenters. The Morgan fingerprint density at radius 1 is 1.17 bits per heavy atom. The fourth-order valence-electron chi connectivity index (χ4n) is 4.06. The largest absolute Gasteiger partial charge is 0.352 e. The Kier molecular flexibility index (Phi) is 5.09. The summed E-state index contributed by atoms with van der Waals surface area (Å²) in [6, 6.07) is 15.8. The van der Waals surface area contributed by atoms with Gasteiger partial charge >= 0.3 is 0 Å². The minimum Gasteiger partial charge on any atom is -0.352 e. The quantitative estimate of drug-likeness (QED) is 0.726. The molecular formula is C23H26N4O2. The first kappa shape index (κ1) is 19.2. The molecule has 150 valence electrons. The van der Waals surface area contributed by atoms with Crippen molar-refractivity contribution in [2.75, 3.05) is 11.4 Å².